The highest BCUT2D eigenvalue weighted by Crippen LogP contribution is 2.28. The van der Waals surface area contributed by atoms with Gasteiger partial charge in [-0.05, 0) is 60.4 Å². The molecule has 7 heteroatoms. The summed E-state index contributed by atoms with van der Waals surface area (Å²) in [7, 11) is 0. The first kappa shape index (κ1) is 24.3. The minimum absolute atomic E-state index is 0.0299. The van der Waals surface area contributed by atoms with E-state index in [9.17, 15) is 4.79 Å². The van der Waals surface area contributed by atoms with Gasteiger partial charge in [0.15, 0.2) is 0 Å². The van der Waals surface area contributed by atoms with E-state index in [0.29, 0.717) is 24.4 Å². The summed E-state index contributed by atoms with van der Waals surface area (Å²) in [6.07, 6.45) is 1.44. The Morgan fingerprint density at radius 1 is 1.09 bits per heavy atom. The lowest BCUT2D eigenvalue weighted by molar-refractivity contribution is -0.144. The van der Waals surface area contributed by atoms with Gasteiger partial charge in [0.2, 0.25) is 0 Å². The molecule has 2 atom stereocenters. The number of benzene rings is 3. The number of likely N-dealkylation sites (tertiary alicyclic amines) is 1. The number of nitrogens with one attached hydrogen (secondary N) is 2. The van der Waals surface area contributed by atoms with Crippen molar-refractivity contribution in [1.29, 1.82) is 10.8 Å². The molecule has 3 aromatic carbocycles. The van der Waals surface area contributed by atoms with E-state index in [4.69, 9.17) is 26.0 Å². The third kappa shape index (κ3) is 5.80. The van der Waals surface area contributed by atoms with Crippen LogP contribution in [0, 0.1) is 10.8 Å². The van der Waals surface area contributed by atoms with Crippen molar-refractivity contribution in [2.45, 2.75) is 38.7 Å². The summed E-state index contributed by atoms with van der Waals surface area (Å²) < 4.78 is 11.5. The smallest absolute Gasteiger partial charge is 0.313 e. The summed E-state index contributed by atoms with van der Waals surface area (Å²) in [6.45, 7) is 5.48. The van der Waals surface area contributed by atoms with Gasteiger partial charge in [-0.1, -0.05) is 42.5 Å². The van der Waals surface area contributed by atoms with Crippen molar-refractivity contribution in [2.24, 2.45) is 5.73 Å². The number of carbonyl (C=O) groups excluding carboxylic acids is 1. The molecule has 182 valence electrons. The monoisotopic (exact) mass is 472 g/mol. The molecule has 3 aromatic rings. The zero-order chi connectivity index (χ0) is 24.9. The molecule has 4 N–H and O–H groups in total. The fraction of sp³-hybridized carbons (Fsp3) is 0.321. The van der Waals surface area contributed by atoms with Crippen LogP contribution in [0.1, 0.15) is 42.9 Å². The van der Waals surface area contributed by atoms with Gasteiger partial charge in [0.1, 0.15) is 17.7 Å². The summed E-state index contributed by atoms with van der Waals surface area (Å²) in [6, 6.07) is 19.4. The average molecular weight is 473 g/mol. The number of fused-ring (bicyclic) bond motifs is 1. The maximum atomic E-state index is 12.9. The van der Waals surface area contributed by atoms with E-state index < -0.39 is 5.92 Å². The van der Waals surface area contributed by atoms with Crippen molar-refractivity contribution in [2.75, 3.05) is 19.7 Å². The molecular weight excluding hydrogens is 440 g/mol. The molecule has 0 radical (unpaired) electrons. The first-order valence-corrected chi connectivity index (χ1v) is 11.9. The first-order valence-electron chi connectivity index (χ1n) is 11.9. The lowest BCUT2D eigenvalue weighted by Crippen LogP contribution is -2.28. The van der Waals surface area contributed by atoms with Crippen LogP contribution in [0.15, 0.2) is 60.7 Å². The van der Waals surface area contributed by atoms with Gasteiger partial charge in [-0.15, -0.1) is 0 Å². The molecule has 0 amide bonds. The fourth-order valence-electron chi connectivity index (χ4n) is 4.51. The topological polar surface area (TPSA) is 112 Å². The van der Waals surface area contributed by atoms with Crippen LogP contribution in [0.25, 0.3) is 10.8 Å². The number of hydrogen-bond donors (Lipinski definition) is 3. The normalized spacial score (nSPS) is 16.2. The quantitative estimate of drug-likeness (QED) is 0.254. The minimum atomic E-state index is -0.444. The Hall–Kier alpha value is -3.87. The highest BCUT2D eigenvalue weighted by Gasteiger charge is 2.25. The van der Waals surface area contributed by atoms with Crippen LogP contribution in [-0.2, 0) is 16.0 Å². The Morgan fingerprint density at radius 2 is 1.83 bits per heavy atom. The van der Waals surface area contributed by atoms with Crippen LogP contribution in [0.4, 0.5) is 0 Å². The minimum Gasteiger partial charge on any atom is -0.489 e. The van der Waals surface area contributed by atoms with E-state index in [0.717, 1.165) is 47.2 Å². The molecule has 1 heterocycles. The molecule has 0 aliphatic carbocycles. The number of amidine groups is 2. The molecule has 1 aliphatic heterocycles. The summed E-state index contributed by atoms with van der Waals surface area (Å²) in [5.74, 6) is 0.650. The maximum absolute atomic E-state index is 12.9. The lowest BCUT2D eigenvalue weighted by atomic mass is 9.91. The number of carbonyl (C=O) groups is 1. The van der Waals surface area contributed by atoms with Crippen LogP contribution in [0.3, 0.4) is 0 Å². The molecule has 4 rings (SSSR count). The second kappa shape index (κ2) is 10.6. The van der Waals surface area contributed by atoms with E-state index in [1.165, 1.54) is 0 Å². The molecule has 35 heavy (non-hydrogen) atoms. The van der Waals surface area contributed by atoms with Gasteiger partial charge < -0.3 is 20.1 Å². The number of nitrogens with zero attached hydrogens (tertiary/aromatic N) is 1. The molecule has 0 spiro atoms. The Labute approximate surface area is 205 Å². The van der Waals surface area contributed by atoms with Gasteiger partial charge >= 0.3 is 5.97 Å². The molecule has 1 fully saturated rings. The van der Waals surface area contributed by atoms with Crippen LogP contribution in [0.5, 0.6) is 5.75 Å². The van der Waals surface area contributed by atoms with Crippen LogP contribution in [-0.4, -0.2) is 48.3 Å². The van der Waals surface area contributed by atoms with Crippen molar-refractivity contribution in [3.63, 3.8) is 0 Å². The van der Waals surface area contributed by atoms with E-state index in [1.807, 2.05) is 72.5 Å². The van der Waals surface area contributed by atoms with Crippen LogP contribution >= 0.6 is 0 Å². The molecule has 0 bridgehead atoms. The highest BCUT2D eigenvalue weighted by atomic mass is 16.5. The lowest BCUT2D eigenvalue weighted by Gasteiger charge is -2.19. The Kier molecular flexibility index (Phi) is 7.34. The van der Waals surface area contributed by atoms with E-state index in [1.54, 1.807) is 6.92 Å². The Morgan fingerprint density at radius 3 is 2.49 bits per heavy atom. The van der Waals surface area contributed by atoms with Gasteiger partial charge in [0.05, 0.1) is 24.9 Å². The SMILES string of the molecule is CCOC(=O)C(Cc1ccc2ccc(C(=N)N)cc2c1)c1ccc(O[C@H]2CCN(C(C)=N)C2)cc1. The second-order valence-corrected chi connectivity index (χ2v) is 8.95. The summed E-state index contributed by atoms with van der Waals surface area (Å²) >= 11 is 0. The Bertz CT molecular complexity index is 1240. The number of rotatable bonds is 8. The third-order valence-corrected chi connectivity index (χ3v) is 6.43. The molecule has 1 saturated heterocycles. The number of nitrogen functional groups attached to an aromatic ring is 1. The third-order valence-electron chi connectivity index (χ3n) is 6.43. The second-order valence-electron chi connectivity index (χ2n) is 8.95. The van der Waals surface area contributed by atoms with Crippen LogP contribution in [0.2, 0.25) is 0 Å². The number of nitrogens with two attached hydrogens (primary N) is 1. The van der Waals surface area contributed by atoms with Crippen molar-refractivity contribution < 1.29 is 14.3 Å². The van der Waals surface area contributed by atoms with Gasteiger partial charge in [0, 0.05) is 18.5 Å². The molecule has 1 aliphatic rings. The molecule has 0 aromatic heterocycles. The Balaban J connectivity index is 1.53. The molecular formula is C28H32N4O3. The first-order chi connectivity index (χ1) is 16.8. The predicted octanol–water partition coefficient (Wildman–Crippen LogP) is 4.46. The summed E-state index contributed by atoms with van der Waals surface area (Å²) in [5.41, 5.74) is 8.21. The van der Waals surface area contributed by atoms with Gasteiger partial charge in [0.25, 0.3) is 0 Å². The van der Waals surface area contributed by atoms with Gasteiger partial charge in [-0.3, -0.25) is 15.6 Å². The van der Waals surface area contributed by atoms with Crippen molar-refractivity contribution in [1.82, 2.24) is 4.90 Å². The van der Waals surface area contributed by atoms with Gasteiger partial charge in [-0.2, -0.15) is 0 Å². The van der Waals surface area contributed by atoms with Crippen molar-refractivity contribution in [3.05, 3.63) is 77.4 Å². The zero-order valence-corrected chi connectivity index (χ0v) is 20.2. The number of esters is 1. The zero-order valence-electron chi connectivity index (χ0n) is 20.2. The van der Waals surface area contributed by atoms with E-state index in [-0.39, 0.29) is 17.9 Å². The predicted molar refractivity (Wildman–Crippen MR) is 138 cm³/mol. The highest BCUT2D eigenvalue weighted by molar-refractivity contribution is 5.99. The summed E-state index contributed by atoms with van der Waals surface area (Å²) in [4.78, 5) is 14.9. The van der Waals surface area contributed by atoms with Crippen molar-refractivity contribution >= 4 is 28.4 Å². The van der Waals surface area contributed by atoms with E-state index >= 15 is 0 Å². The van der Waals surface area contributed by atoms with E-state index in [2.05, 4.69) is 0 Å². The van der Waals surface area contributed by atoms with Crippen molar-refractivity contribution in [3.8, 4) is 5.75 Å². The molecule has 1 unspecified atom stereocenters. The number of hydrogen-bond acceptors (Lipinski definition) is 5. The maximum Gasteiger partial charge on any atom is 0.313 e. The molecule has 7 nitrogen and oxygen atoms in total. The van der Waals surface area contributed by atoms with Crippen LogP contribution < -0.4 is 10.5 Å². The summed E-state index contributed by atoms with van der Waals surface area (Å²) in [5, 5.41) is 17.5. The number of ether oxygens (including phenoxy) is 2. The standard InChI is InChI=1S/C28H32N4O3/c1-3-34-28(33)26(15-19-4-5-20-6-7-22(27(30)31)16-23(20)14-19)21-8-10-24(11-9-21)35-25-12-13-32(17-25)18(2)29/h4-11,14,16,25-26,29H,3,12-13,15,17H2,1-2H3,(H3,30,31)/t25-,26?/m0/s1. The molecule has 0 saturated carbocycles. The average Bonchev–Trinajstić information content (AvgIpc) is 3.31. The van der Waals surface area contributed by atoms with Gasteiger partial charge in [-0.25, -0.2) is 0 Å². The fourth-order valence-corrected chi connectivity index (χ4v) is 4.51. The largest absolute Gasteiger partial charge is 0.489 e.